The number of rotatable bonds is 4. The highest BCUT2D eigenvalue weighted by molar-refractivity contribution is 6.39. The molecule has 1 aromatic heterocycles. The molecule has 0 saturated heterocycles. The van der Waals surface area contributed by atoms with E-state index in [9.17, 15) is 9.59 Å². The number of carbonyl (C=O) groups is 2. The van der Waals surface area contributed by atoms with Crippen molar-refractivity contribution in [3.63, 3.8) is 0 Å². The van der Waals surface area contributed by atoms with Gasteiger partial charge in [0.15, 0.2) is 5.82 Å². The van der Waals surface area contributed by atoms with Crippen LogP contribution in [0.15, 0.2) is 42.6 Å². The van der Waals surface area contributed by atoms with Crippen LogP contribution in [0.25, 0.3) is 0 Å². The molecule has 1 atom stereocenters. The molecule has 0 fully saturated rings. The molecule has 122 valence electrons. The Kier molecular flexibility index (Phi) is 4.83. The number of nitrogens with zero attached hydrogens (tertiary/aromatic N) is 2. The molecule has 0 spiro atoms. The van der Waals surface area contributed by atoms with E-state index in [1.54, 1.807) is 24.0 Å². The summed E-state index contributed by atoms with van der Waals surface area (Å²) in [5.74, 6) is -1.05. The second-order valence-corrected chi connectivity index (χ2v) is 6.11. The van der Waals surface area contributed by atoms with Crippen molar-refractivity contribution in [3.05, 3.63) is 48.2 Å². The average Bonchev–Trinajstić information content (AvgIpc) is 2.93. The van der Waals surface area contributed by atoms with Gasteiger partial charge in [-0.2, -0.15) is 5.10 Å². The van der Waals surface area contributed by atoms with Gasteiger partial charge in [-0.05, 0) is 12.5 Å². The lowest BCUT2D eigenvalue weighted by molar-refractivity contribution is -0.136. The maximum Gasteiger partial charge on any atom is 0.314 e. The summed E-state index contributed by atoms with van der Waals surface area (Å²) in [7, 11) is 1.74. The number of aromatic nitrogens is 2. The van der Waals surface area contributed by atoms with E-state index in [-0.39, 0.29) is 11.5 Å². The molecule has 2 N–H and O–H groups in total. The van der Waals surface area contributed by atoms with Gasteiger partial charge in [0.2, 0.25) is 0 Å². The molecule has 0 aliphatic heterocycles. The standard InChI is InChI=1S/C17H22N4O2/c1-12(17(2,3)13-8-6-5-7-9-13)18-15(22)16(23)19-14-10-11-21(4)20-14/h5-12H,1-4H3,(H,18,22)(H,19,20,23)/t12-/m1/s1. The Labute approximate surface area is 135 Å². The van der Waals surface area contributed by atoms with E-state index in [0.717, 1.165) is 5.56 Å². The smallest absolute Gasteiger partial charge is 0.314 e. The van der Waals surface area contributed by atoms with Crippen LogP contribution in [0, 0.1) is 0 Å². The predicted octanol–water partition coefficient (Wildman–Crippen LogP) is 1.84. The van der Waals surface area contributed by atoms with Crippen LogP contribution in [0.5, 0.6) is 0 Å². The van der Waals surface area contributed by atoms with E-state index >= 15 is 0 Å². The van der Waals surface area contributed by atoms with Crippen molar-refractivity contribution in [1.29, 1.82) is 0 Å². The average molecular weight is 314 g/mol. The molecular weight excluding hydrogens is 292 g/mol. The van der Waals surface area contributed by atoms with Crippen molar-refractivity contribution in [2.75, 3.05) is 5.32 Å². The van der Waals surface area contributed by atoms with Crippen LogP contribution in [-0.4, -0.2) is 27.6 Å². The topological polar surface area (TPSA) is 76.0 Å². The van der Waals surface area contributed by atoms with Crippen molar-refractivity contribution in [2.45, 2.75) is 32.2 Å². The number of benzene rings is 1. The van der Waals surface area contributed by atoms with Crippen LogP contribution in [0.4, 0.5) is 5.82 Å². The molecule has 0 unspecified atom stereocenters. The highest BCUT2D eigenvalue weighted by Gasteiger charge is 2.30. The first-order chi connectivity index (χ1) is 10.8. The molecule has 6 nitrogen and oxygen atoms in total. The summed E-state index contributed by atoms with van der Waals surface area (Å²) < 4.78 is 1.55. The Balaban J connectivity index is 2.00. The summed E-state index contributed by atoms with van der Waals surface area (Å²) in [5.41, 5.74) is 0.792. The normalized spacial score (nSPS) is 12.5. The number of aryl methyl sites for hydroxylation is 1. The third kappa shape index (κ3) is 3.97. The van der Waals surface area contributed by atoms with Crippen LogP contribution in [-0.2, 0) is 22.1 Å². The fraction of sp³-hybridized carbons (Fsp3) is 0.353. The molecule has 0 bridgehead atoms. The third-order valence-corrected chi connectivity index (χ3v) is 4.11. The highest BCUT2D eigenvalue weighted by atomic mass is 16.2. The fourth-order valence-electron chi connectivity index (χ4n) is 2.22. The zero-order valence-electron chi connectivity index (χ0n) is 13.8. The van der Waals surface area contributed by atoms with Crippen LogP contribution in [0.3, 0.4) is 0 Å². The number of amides is 2. The van der Waals surface area contributed by atoms with Gasteiger partial charge in [-0.3, -0.25) is 14.3 Å². The van der Waals surface area contributed by atoms with E-state index in [4.69, 9.17) is 0 Å². The largest absolute Gasteiger partial charge is 0.344 e. The van der Waals surface area contributed by atoms with E-state index in [1.807, 2.05) is 51.1 Å². The summed E-state index contributed by atoms with van der Waals surface area (Å²) in [4.78, 5) is 24.0. The molecule has 1 heterocycles. The molecule has 2 rings (SSSR count). The molecular formula is C17H22N4O2. The van der Waals surface area contributed by atoms with E-state index in [1.165, 1.54) is 0 Å². The van der Waals surface area contributed by atoms with Crippen LogP contribution in [0.2, 0.25) is 0 Å². The van der Waals surface area contributed by atoms with Crippen molar-refractivity contribution < 1.29 is 9.59 Å². The predicted molar refractivity (Wildman–Crippen MR) is 88.9 cm³/mol. The third-order valence-electron chi connectivity index (χ3n) is 4.11. The van der Waals surface area contributed by atoms with Crippen LogP contribution >= 0.6 is 0 Å². The van der Waals surface area contributed by atoms with Crippen molar-refractivity contribution in [1.82, 2.24) is 15.1 Å². The van der Waals surface area contributed by atoms with Gasteiger partial charge in [0, 0.05) is 30.8 Å². The molecule has 0 saturated carbocycles. The van der Waals surface area contributed by atoms with Gasteiger partial charge in [0.1, 0.15) is 0 Å². The van der Waals surface area contributed by atoms with Crippen LogP contribution < -0.4 is 10.6 Å². The number of anilines is 1. The second-order valence-electron chi connectivity index (χ2n) is 6.11. The fourth-order valence-corrected chi connectivity index (χ4v) is 2.22. The number of carbonyl (C=O) groups excluding carboxylic acids is 2. The van der Waals surface area contributed by atoms with Crippen LogP contribution in [0.1, 0.15) is 26.3 Å². The molecule has 0 aliphatic rings. The minimum Gasteiger partial charge on any atom is -0.344 e. The minimum atomic E-state index is -0.723. The van der Waals surface area contributed by atoms with Gasteiger partial charge in [-0.1, -0.05) is 44.2 Å². The lowest BCUT2D eigenvalue weighted by Crippen LogP contribution is -2.48. The Morgan fingerprint density at radius 3 is 2.35 bits per heavy atom. The molecule has 2 amide bonds. The quantitative estimate of drug-likeness (QED) is 0.846. The second kappa shape index (κ2) is 6.64. The zero-order chi connectivity index (χ0) is 17.0. The van der Waals surface area contributed by atoms with E-state index in [2.05, 4.69) is 15.7 Å². The summed E-state index contributed by atoms with van der Waals surface area (Å²) in [6.07, 6.45) is 1.69. The monoisotopic (exact) mass is 314 g/mol. The zero-order valence-corrected chi connectivity index (χ0v) is 13.8. The van der Waals surface area contributed by atoms with E-state index in [0.29, 0.717) is 5.82 Å². The van der Waals surface area contributed by atoms with Gasteiger partial charge < -0.3 is 10.6 Å². The van der Waals surface area contributed by atoms with Gasteiger partial charge >= 0.3 is 11.8 Å². The number of hydrogen-bond acceptors (Lipinski definition) is 3. The van der Waals surface area contributed by atoms with Gasteiger partial charge in [0.05, 0.1) is 0 Å². The molecule has 2 aromatic rings. The van der Waals surface area contributed by atoms with Crippen molar-refractivity contribution in [3.8, 4) is 0 Å². The SMILES string of the molecule is C[C@@H](NC(=O)C(=O)Nc1ccn(C)n1)C(C)(C)c1ccccc1. The first-order valence-electron chi connectivity index (χ1n) is 7.47. The summed E-state index contributed by atoms with van der Waals surface area (Å²) in [6.45, 7) is 5.95. The molecule has 6 heteroatoms. The highest BCUT2D eigenvalue weighted by Crippen LogP contribution is 2.26. The molecule has 23 heavy (non-hydrogen) atoms. The minimum absolute atomic E-state index is 0.216. The maximum absolute atomic E-state index is 12.1. The van der Waals surface area contributed by atoms with Crippen molar-refractivity contribution >= 4 is 17.6 Å². The van der Waals surface area contributed by atoms with E-state index < -0.39 is 11.8 Å². The summed E-state index contributed by atoms with van der Waals surface area (Å²) >= 11 is 0. The van der Waals surface area contributed by atoms with Crippen molar-refractivity contribution in [2.24, 2.45) is 7.05 Å². The molecule has 0 radical (unpaired) electrons. The Bertz CT molecular complexity index is 692. The molecule has 0 aliphatic carbocycles. The van der Waals surface area contributed by atoms with Gasteiger partial charge in [0.25, 0.3) is 0 Å². The van der Waals surface area contributed by atoms with Gasteiger partial charge in [-0.15, -0.1) is 0 Å². The maximum atomic E-state index is 12.1. The Morgan fingerprint density at radius 1 is 1.13 bits per heavy atom. The summed E-state index contributed by atoms with van der Waals surface area (Å²) in [6, 6.07) is 11.3. The van der Waals surface area contributed by atoms with Gasteiger partial charge in [-0.25, -0.2) is 0 Å². The number of hydrogen-bond donors (Lipinski definition) is 2. The Morgan fingerprint density at radius 2 is 1.78 bits per heavy atom. The first-order valence-corrected chi connectivity index (χ1v) is 7.47. The lowest BCUT2D eigenvalue weighted by atomic mass is 9.78. The lowest BCUT2D eigenvalue weighted by Gasteiger charge is -2.32. The molecule has 1 aromatic carbocycles. The summed E-state index contributed by atoms with van der Waals surface area (Å²) in [5, 5.41) is 9.25. The Hall–Kier alpha value is -2.63. The first kappa shape index (κ1) is 16.7. The number of nitrogens with one attached hydrogen (secondary N) is 2.